The van der Waals surface area contributed by atoms with Crippen LogP contribution in [-0.4, -0.2) is 42.3 Å². The van der Waals surface area contributed by atoms with E-state index >= 15 is 0 Å². The maximum absolute atomic E-state index is 11.8. The molecule has 0 saturated carbocycles. The monoisotopic (exact) mass is 307 g/mol. The Kier molecular flexibility index (Phi) is 6.78. The van der Waals surface area contributed by atoms with Crippen LogP contribution in [0.5, 0.6) is 0 Å². The van der Waals surface area contributed by atoms with Gasteiger partial charge in [0.2, 0.25) is 0 Å². The van der Waals surface area contributed by atoms with Gasteiger partial charge in [-0.25, -0.2) is 9.59 Å². The molecule has 0 fully saturated rings. The molecular formula is C15H15O7-. The average Bonchev–Trinajstić information content (AvgIpc) is 2.52. The molecule has 7 heteroatoms. The normalized spacial score (nSPS) is 11.3. The third-order valence-corrected chi connectivity index (χ3v) is 2.66. The molecule has 0 radical (unpaired) electrons. The predicted octanol–water partition coefficient (Wildman–Crippen LogP) is -0.313. The van der Waals surface area contributed by atoms with E-state index < -0.39 is 24.0 Å². The quantitative estimate of drug-likeness (QED) is 0.517. The Hall–Kier alpha value is -2.67. The summed E-state index contributed by atoms with van der Waals surface area (Å²) in [5.41, 5.74) is 0.0809. The first-order valence-corrected chi connectivity index (χ1v) is 6.40. The lowest BCUT2D eigenvalue weighted by Gasteiger charge is -2.16. The molecule has 22 heavy (non-hydrogen) atoms. The van der Waals surface area contributed by atoms with E-state index in [1.807, 2.05) is 0 Å². The Labute approximate surface area is 126 Å². The van der Waals surface area contributed by atoms with Gasteiger partial charge in [0.15, 0.2) is 0 Å². The first-order valence-electron chi connectivity index (χ1n) is 6.40. The lowest BCUT2D eigenvalue weighted by Crippen LogP contribution is -2.26. The minimum absolute atomic E-state index is 0.0605. The molecule has 0 aromatic heterocycles. The van der Waals surface area contributed by atoms with Crippen LogP contribution in [-0.2, 0) is 14.3 Å². The maximum Gasteiger partial charge on any atom is 0.338 e. The summed E-state index contributed by atoms with van der Waals surface area (Å²) in [7, 11) is 0. The Morgan fingerprint density at radius 1 is 1.23 bits per heavy atom. The van der Waals surface area contributed by atoms with Gasteiger partial charge in [0.25, 0.3) is 0 Å². The summed E-state index contributed by atoms with van der Waals surface area (Å²) < 4.78 is 9.86. The molecular weight excluding hydrogens is 292 g/mol. The van der Waals surface area contributed by atoms with E-state index in [1.54, 1.807) is 0 Å². The number of aliphatic hydroxyl groups excluding tert-OH is 1. The van der Waals surface area contributed by atoms with Crippen molar-refractivity contribution in [2.45, 2.75) is 12.5 Å². The van der Waals surface area contributed by atoms with E-state index in [0.717, 1.165) is 6.08 Å². The second-order valence-electron chi connectivity index (χ2n) is 4.24. The molecule has 0 spiro atoms. The SMILES string of the molecule is C=CC(=O)OC(CCO)COC(=O)c1ccc(C(=O)[O-])cc1. The number of carboxylic acids is 1. The highest BCUT2D eigenvalue weighted by molar-refractivity contribution is 5.92. The highest BCUT2D eigenvalue weighted by Crippen LogP contribution is 2.07. The van der Waals surface area contributed by atoms with Crippen LogP contribution in [0.3, 0.4) is 0 Å². The minimum atomic E-state index is -1.35. The zero-order valence-corrected chi connectivity index (χ0v) is 11.7. The average molecular weight is 307 g/mol. The molecule has 1 atom stereocenters. The molecule has 1 N–H and O–H groups in total. The predicted molar refractivity (Wildman–Crippen MR) is 72.8 cm³/mol. The fourth-order valence-corrected chi connectivity index (χ4v) is 1.53. The molecule has 7 nitrogen and oxygen atoms in total. The number of hydrogen-bond donors (Lipinski definition) is 1. The summed E-state index contributed by atoms with van der Waals surface area (Å²) in [5.74, 6) is -2.74. The molecule has 0 aliphatic rings. The summed E-state index contributed by atoms with van der Waals surface area (Å²) in [4.78, 5) is 33.5. The molecule has 118 valence electrons. The first-order chi connectivity index (χ1) is 10.5. The van der Waals surface area contributed by atoms with Crippen LogP contribution in [0.2, 0.25) is 0 Å². The van der Waals surface area contributed by atoms with Crippen molar-refractivity contribution in [2.24, 2.45) is 0 Å². The molecule has 0 bridgehead atoms. The molecule has 1 unspecified atom stereocenters. The van der Waals surface area contributed by atoms with Crippen LogP contribution in [0.25, 0.3) is 0 Å². The molecule has 1 aromatic carbocycles. The maximum atomic E-state index is 11.8. The van der Waals surface area contributed by atoms with E-state index in [-0.39, 0.29) is 30.8 Å². The highest BCUT2D eigenvalue weighted by atomic mass is 16.6. The smallest absolute Gasteiger partial charge is 0.338 e. The van der Waals surface area contributed by atoms with Crippen LogP contribution in [0.15, 0.2) is 36.9 Å². The fraction of sp³-hybridized carbons (Fsp3) is 0.267. The summed E-state index contributed by atoms with van der Waals surface area (Å²) >= 11 is 0. The molecule has 0 aliphatic carbocycles. The molecule has 0 amide bonds. The van der Waals surface area contributed by atoms with Crippen molar-refractivity contribution in [3.63, 3.8) is 0 Å². The zero-order chi connectivity index (χ0) is 16.5. The molecule has 1 rings (SSSR count). The number of ether oxygens (including phenoxy) is 2. The fourth-order valence-electron chi connectivity index (χ4n) is 1.53. The van der Waals surface area contributed by atoms with E-state index in [1.165, 1.54) is 24.3 Å². The highest BCUT2D eigenvalue weighted by Gasteiger charge is 2.16. The number of esters is 2. The van der Waals surface area contributed by atoms with Gasteiger partial charge >= 0.3 is 11.9 Å². The van der Waals surface area contributed by atoms with Crippen LogP contribution in [0.1, 0.15) is 27.1 Å². The number of benzene rings is 1. The van der Waals surface area contributed by atoms with Crippen molar-refractivity contribution in [3.05, 3.63) is 48.0 Å². The van der Waals surface area contributed by atoms with Gasteiger partial charge in [0, 0.05) is 19.1 Å². The van der Waals surface area contributed by atoms with Gasteiger partial charge in [-0.05, 0) is 17.7 Å². The van der Waals surface area contributed by atoms with Crippen LogP contribution >= 0.6 is 0 Å². The van der Waals surface area contributed by atoms with Gasteiger partial charge in [0.1, 0.15) is 12.7 Å². The Bertz CT molecular complexity index is 548. The second-order valence-corrected chi connectivity index (χ2v) is 4.24. The van der Waals surface area contributed by atoms with Crippen molar-refractivity contribution in [2.75, 3.05) is 13.2 Å². The Balaban J connectivity index is 2.60. The minimum Gasteiger partial charge on any atom is -0.545 e. The molecule has 0 heterocycles. The Morgan fingerprint density at radius 2 is 1.82 bits per heavy atom. The second kappa shape index (κ2) is 8.58. The number of carboxylic acid groups (broad SMARTS) is 1. The van der Waals surface area contributed by atoms with Crippen LogP contribution in [0.4, 0.5) is 0 Å². The summed E-state index contributed by atoms with van der Waals surface area (Å²) in [6.45, 7) is 2.76. The van der Waals surface area contributed by atoms with Crippen molar-refractivity contribution < 1.29 is 34.1 Å². The van der Waals surface area contributed by atoms with E-state index in [0.29, 0.717) is 0 Å². The number of carbonyl (C=O) groups excluding carboxylic acids is 3. The zero-order valence-electron chi connectivity index (χ0n) is 11.7. The number of aromatic carboxylic acids is 1. The van der Waals surface area contributed by atoms with E-state index in [2.05, 4.69) is 6.58 Å². The lowest BCUT2D eigenvalue weighted by molar-refractivity contribution is -0.255. The summed E-state index contributed by atoms with van der Waals surface area (Å²) in [6, 6.07) is 5.00. The lowest BCUT2D eigenvalue weighted by atomic mass is 10.1. The van der Waals surface area contributed by atoms with Crippen LogP contribution in [0, 0.1) is 0 Å². The van der Waals surface area contributed by atoms with Crippen molar-refractivity contribution >= 4 is 17.9 Å². The van der Waals surface area contributed by atoms with E-state index in [9.17, 15) is 19.5 Å². The van der Waals surface area contributed by atoms with Gasteiger partial charge < -0.3 is 24.5 Å². The van der Waals surface area contributed by atoms with Gasteiger partial charge in [-0.3, -0.25) is 0 Å². The van der Waals surface area contributed by atoms with Gasteiger partial charge in [-0.15, -0.1) is 0 Å². The number of aliphatic hydroxyl groups is 1. The molecule has 0 saturated heterocycles. The largest absolute Gasteiger partial charge is 0.545 e. The van der Waals surface area contributed by atoms with Crippen molar-refractivity contribution in [3.8, 4) is 0 Å². The van der Waals surface area contributed by atoms with Gasteiger partial charge in [-0.2, -0.15) is 0 Å². The number of carbonyl (C=O) groups is 3. The van der Waals surface area contributed by atoms with Gasteiger partial charge in [0.05, 0.1) is 11.5 Å². The molecule has 1 aromatic rings. The van der Waals surface area contributed by atoms with Crippen LogP contribution < -0.4 is 5.11 Å². The van der Waals surface area contributed by atoms with Crippen molar-refractivity contribution in [1.29, 1.82) is 0 Å². The number of hydrogen-bond acceptors (Lipinski definition) is 7. The third kappa shape index (κ3) is 5.37. The van der Waals surface area contributed by atoms with Gasteiger partial charge in [-0.1, -0.05) is 18.7 Å². The summed E-state index contributed by atoms with van der Waals surface area (Å²) in [5, 5.41) is 19.5. The summed E-state index contributed by atoms with van der Waals surface area (Å²) in [6.07, 6.45) is 0.281. The molecule has 0 aliphatic heterocycles. The third-order valence-electron chi connectivity index (χ3n) is 2.66. The van der Waals surface area contributed by atoms with E-state index in [4.69, 9.17) is 14.6 Å². The standard InChI is InChI=1S/C15H16O7/c1-2-13(17)22-12(7-8-16)9-21-15(20)11-5-3-10(4-6-11)14(18)19/h2-6,12,16H,1,7-9H2,(H,18,19)/p-1. The van der Waals surface area contributed by atoms with Crippen molar-refractivity contribution in [1.82, 2.24) is 0 Å². The first kappa shape index (κ1) is 17.4. The number of rotatable bonds is 8. The Morgan fingerprint density at radius 3 is 2.32 bits per heavy atom. The topological polar surface area (TPSA) is 113 Å².